The fraction of sp³-hybridized carbons (Fsp3) is 0.500. The maximum absolute atomic E-state index is 13.3. The topological polar surface area (TPSA) is 29.1 Å². The number of amides is 1. The van der Waals surface area contributed by atoms with Crippen LogP contribution in [0.5, 0.6) is 0 Å². The van der Waals surface area contributed by atoms with Crippen molar-refractivity contribution >= 4 is 5.91 Å². The lowest BCUT2D eigenvalue weighted by Gasteiger charge is -2.01. The van der Waals surface area contributed by atoms with Crippen LogP contribution in [-0.2, 0) is 4.79 Å². The second kappa shape index (κ2) is 4.80. The Morgan fingerprint density at radius 1 is 1.54 bits per heavy atom. The minimum absolute atomic E-state index is 0.319. The lowest BCUT2D eigenvalue weighted by Crippen LogP contribution is -2.24. The first kappa shape index (κ1) is 9.96. The third kappa shape index (κ3) is 2.68. The average Bonchev–Trinajstić information content (AvgIpc) is 2.65. The SMILES string of the molecule is C=CCNC(=O)C(F)=C1CCCC1. The van der Waals surface area contributed by atoms with Crippen molar-refractivity contribution in [3.8, 4) is 0 Å². The molecule has 0 aromatic carbocycles. The summed E-state index contributed by atoms with van der Waals surface area (Å²) >= 11 is 0. The normalized spacial score (nSPS) is 15.6. The number of carbonyl (C=O) groups is 1. The van der Waals surface area contributed by atoms with E-state index in [-0.39, 0.29) is 0 Å². The van der Waals surface area contributed by atoms with E-state index in [1.165, 1.54) is 6.08 Å². The zero-order valence-corrected chi connectivity index (χ0v) is 7.61. The fourth-order valence-corrected chi connectivity index (χ4v) is 1.42. The summed E-state index contributed by atoms with van der Waals surface area (Å²) in [5.74, 6) is -1.18. The Hall–Kier alpha value is -1.12. The second-order valence-electron chi connectivity index (χ2n) is 3.12. The summed E-state index contributed by atoms with van der Waals surface area (Å²) in [5, 5.41) is 2.42. The monoisotopic (exact) mass is 183 g/mol. The maximum Gasteiger partial charge on any atom is 0.280 e. The number of halogens is 1. The highest BCUT2D eigenvalue weighted by Gasteiger charge is 2.17. The van der Waals surface area contributed by atoms with Gasteiger partial charge in [-0.1, -0.05) is 6.08 Å². The second-order valence-corrected chi connectivity index (χ2v) is 3.12. The molecule has 1 rings (SSSR count). The molecule has 1 amide bonds. The molecule has 1 N–H and O–H groups in total. The highest BCUT2D eigenvalue weighted by atomic mass is 19.1. The highest BCUT2D eigenvalue weighted by molar-refractivity contribution is 5.92. The van der Waals surface area contributed by atoms with Crippen LogP contribution in [0.25, 0.3) is 0 Å². The van der Waals surface area contributed by atoms with Crippen molar-refractivity contribution in [2.45, 2.75) is 25.7 Å². The van der Waals surface area contributed by atoms with Gasteiger partial charge in [-0.3, -0.25) is 4.79 Å². The quantitative estimate of drug-likeness (QED) is 0.526. The number of hydrogen-bond acceptors (Lipinski definition) is 1. The van der Waals surface area contributed by atoms with Crippen LogP contribution in [0.4, 0.5) is 4.39 Å². The van der Waals surface area contributed by atoms with Crippen molar-refractivity contribution in [3.05, 3.63) is 24.1 Å². The molecule has 72 valence electrons. The van der Waals surface area contributed by atoms with Gasteiger partial charge in [0.05, 0.1) is 0 Å². The van der Waals surface area contributed by atoms with Gasteiger partial charge in [-0.15, -0.1) is 6.58 Å². The van der Waals surface area contributed by atoms with Crippen LogP contribution >= 0.6 is 0 Å². The molecule has 3 heteroatoms. The van der Waals surface area contributed by atoms with E-state index in [2.05, 4.69) is 11.9 Å². The minimum atomic E-state index is -0.600. The van der Waals surface area contributed by atoms with Crippen molar-refractivity contribution in [1.82, 2.24) is 5.32 Å². The molecule has 1 fully saturated rings. The van der Waals surface area contributed by atoms with Gasteiger partial charge in [-0.05, 0) is 31.3 Å². The molecule has 0 aliphatic heterocycles. The van der Waals surface area contributed by atoms with Crippen molar-refractivity contribution in [2.75, 3.05) is 6.54 Å². The van der Waals surface area contributed by atoms with E-state index in [1.54, 1.807) is 0 Å². The number of nitrogens with one attached hydrogen (secondary N) is 1. The number of carbonyl (C=O) groups excluding carboxylic acids is 1. The van der Waals surface area contributed by atoms with Crippen LogP contribution in [0.1, 0.15) is 25.7 Å². The smallest absolute Gasteiger partial charge is 0.280 e. The lowest BCUT2D eigenvalue weighted by atomic mass is 10.2. The summed E-state index contributed by atoms with van der Waals surface area (Å²) in [6, 6.07) is 0. The fourth-order valence-electron chi connectivity index (χ4n) is 1.42. The molecule has 0 radical (unpaired) electrons. The molecule has 0 saturated heterocycles. The average molecular weight is 183 g/mol. The van der Waals surface area contributed by atoms with Crippen LogP contribution in [0.15, 0.2) is 24.1 Å². The number of rotatable bonds is 3. The van der Waals surface area contributed by atoms with E-state index in [0.717, 1.165) is 25.7 Å². The van der Waals surface area contributed by atoms with Crippen molar-refractivity contribution in [1.29, 1.82) is 0 Å². The predicted molar refractivity (Wildman–Crippen MR) is 49.8 cm³/mol. The predicted octanol–water partition coefficient (Wildman–Crippen LogP) is 2.09. The first-order valence-electron chi connectivity index (χ1n) is 4.52. The molecule has 0 atom stereocenters. The first-order chi connectivity index (χ1) is 6.25. The van der Waals surface area contributed by atoms with Crippen LogP contribution in [-0.4, -0.2) is 12.5 Å². The van der Waals surface area contributed by atoms with Crippen molar-refractivity contribution in [2.24, 2.45) is 0 Å². The summed E-state index contributed by atoms with van der Waals surface area (Å²) in [7, 11) is 0. The molecule has 1 saturated carbocycles. The van der Waals surface area contributed by atoms with Crippen LogP contribution < -0.4 is 5.32 Å². The van der Waals surface area contributed by atoms with Gasteiger partial charge >= 0.3 is 0 Å². The van der Waals surface area contributed by atoms with Gasteiger partial charge in [0, 0.05) is 6.54 Å². The highest BCUT2D eigenvalue weighted by Crippen LogP contribution is 2.27. The van der Waals surface area contributed by atoms with Gasteiger partial charge in [0.2, 0.25) is 0 Å². The molecule has 0 heterocycles. The molecule has 1 aliphatic rings. The zero-order valence-electron chi connectivity index (χ0n) is 7.61. The van der Waals surface area contributed by atoms with Gasteiger partial charge in [-0.25, -0.2) is 4.39 Å². The minimum Gasteiger partial charge on any atom is -0.347 e. The van der Waals surface area contributed by atoms with Gasteiger partial charge in [0.1, 0.15) is 0 Å². The Kier molecular flexibility index (Phi) is 3.68. The largest absolute Gasteiger partial charge is 0.347 e. The molecule has 2 nitrogen and oxygen atoms in total. The molecule has 13 heavy (non-hydrogen) atoms. The Labute approximate surface area is 77.5 Å². The lowest BCUT2D eigenvalue weighted by molar-refractivity contribution is -0.118. The molecule has 0 aromatic rings. The van der Waals surface area contributed by atoms with E-state index in [9.17, 15) is 9.18 Å². The Bertz CT molecular complexity index is 237. The summed E-state index contributed by atoms with van der Waals surface area (Å²) in [5.41, 5.74) is 0.668. The van der Waals surface area contributed by atoms with Gasteiger partial charge < -0.3 is 5.32 Å². The number of allylic oxidation sites excluding steroid dienone is 1. The molecule has 1 aliphatic carbocycles. The van der Waals surface area contributed by atoms with E-state index >= 15 is 0 Å². The molecule has 0 spiro atoms. The van der Waals surface area contributed by atoms with Crippen molar-refractivity contribution in [3.63, 3.8) is 0 Å². The van der Waals surface area contributed by atoms with Crippen LogP contribution in [0.3, 0.4) is 0 Å². The molecule has 0 unspecified atom stereocenters. The molecule has 0 bridgehead atoms. The van der Waals surface area contributed by atoms with E-state index < -0.39 is 11.7 Å². The van der Waals surface area contributed by atoms with E-state index in [4.69, 9.17) is 0 Å². The standard InChI is InChI=1S/C10H14FNO/c1-2-7-12-10(13)9(11)8-5-3-4-6-8/h2H,1,3-7H2,(H,12,13). The summed E-state index contributed by atoms with van der Waals surface area (Å²) in [6.45, 7) is 3.76. The molecular formula is C10H14FNO. The van der Waals surface area contributed by atoms with Gasteiger partial charge in [0.15, 0.2) is 5.83 Å². The summed E-state index contributed by atoms with van der Waals surface area (Å²) in [6.07, 6.45) is 4.99. The van der Waals surface area contributed by atoms with Crippen LogP contribution in [0, 0.1) is 0 Å². The summed E-state index contributed by atoms with van der Waals surface area (Å²) in [4.78, 5) is 11.1. The van der Waals surface area contributed by atoms with Crippen molar-refractivity contribution < 1.29 is 9.18 Å². The summed E-state index contributed by atoms with van der Waals surface area (Å²) < 4.78 is 13.3. The third-order valence-electron chi connectivity index (χ3n) is 2.12. The Morgan fingerprint density at radius 2 is 2.15 bits per heavy atom. The van der Waals surface area contributed by atoms with Gasteiger partial charge in [0.25, 0.3) is 5.91 Å². The third-order valence-corrected chi connectivity index (χ3v) is 2.12. The maximum atomic E-state index is 13.3. The van der Waals surface area contributed by atoms with Gasteiger partial charge in [-0.2, -0.15) is 0 Å². The molecule has 0 aromatic heterocycles. The Balaban J connectivity index is 2.54. The first-order valence-corrected chi connectivity index (χ1v) is 4.52. The Morgan fingerprint density at radius 3 is 2.69 bits per heavy atom. The number of hydrogen-bond donors (Lipinski definition) is 1. The zero-order chi connectivity index (χ0) is 9.68. The van der Waals surface area contributed by atoms with E-state index in [0.29, 0.717) is 12.1 Å². The van der Waals surface area contributed by atoms with E-state index in [1.807, 2.05) is 0 Å². The van der Waals surface area contributed by atoms with Crippen LogP contribution in [0.2, 0.25) is 0 Å². The molecular weight excluding hydrogens is 169 g/mol.